The number of cyclic esters (lactones) is 1. The Hall–Kier alpha value is -3.00. The fourth-order valence-corrected chi connectivity index (χ4v) is 2.76. The molecule has 0 bridgehead atoms. The number of methoxy groups -OCH3 is 1. The Bertz CT molecular complexity index is 846. The third kappa shape index (κ3) is 6.53. The van der Waals surface area contributed by atoms with Crippen LogP contribution in [-0.4, -0.2) is 48.2 Å². The standard InChI is InChI=1S/C20H22ClNO7/c1-27-17(25)12-29-22-13-8-6-4-2-3-5-7-9-28-20(26)18-14(10-13)19(21)16(24)11-15(18)23/h3,5-6,8,11,23-24H,2,4,7,9-10,12H2,1H3/b5-3+,8-6+,22-13?. The summed E-state index contributed by atoms with van der Waals surface area (Å²) >= 11 is 6.20. The van der Waals surface area contributed by atoms with E-state index in [-0.39, 0.29) is 29.2 Å². The summed E-state index contributed by atoms with van der Waals surface area (Å²) in [5.74, 6) is -2.24. The van der Waals surface area contributed by atoms with Crippen LogP contribution in [0.2, 0.25) is 5.02 Å². The highest BCUT2D eigenvalue weighted by Gasteiger charge is 2.24. The number of oxime groups is 1. The van der Waals surface area contributed by atoms with Crippen LogP contribution >= 0.6 is 11.6 Å². The highest BCUT2D eigenvalue weighted by Crippen LogP contribution is 2.37. The Balaban J connectivity index is 2.45. The second-order valence-corrected chi connectivity index (χ2v) is 6.45. The molecule has 156 valence electrons. The third-order valence-electron chi connectivity index (χ3n) is 3.97. The van der Waals surface area contributed by atoms with Crippen LogP contribution < -0.4 is 0 Å². The number of hydrogen-bond donors (Lipinski definition) is 2. The van der Waals surface area contributed by atoms with Gasteiger partial charge in [-0.05, 0) is 30.9 Å². The first-order valence-corrected chi connectivity index (χ1v) is 9.29. The molecule has 0 aromatic heterocycles. The molecule has 0 spiro atoms. The van der Waals surface area contributed by atoms with Gasteiger partial charge in [-0.2, -0.15) is 0 Å². The molecule has 1 aliphatic heterocycles. The minimum Gasteiger partial charge on any atom is -0.507 e. The lowest BCUT2D eigenvalue weighted by atomic mass is 9.99. The van der Waals surface area contributed by atoms with Crippen molar-refractivity contribution >= 4 is 29.3 Å². The van der Waals surface area contributed by atoms with E-state index in [0.717, 1.165) is 18.9 Å². The second-order valence-electron chi connectivity index (χ2n) is 6.07. The summed E-state index contributed by atoms with van der Waals surface area (Å²) in [7, 11) is 1.22. The van der Waals surface area contributed by atoms with Gasteiger partial charge in [0.25, 0.3) is 0 Å². The smallest absolute Gasteiger partial charge is 0.346 e. The van der Waals surface area contributed by atoms with Gasteiger partial charge in [0.1, 0.15) is 17.1 Å². The summed E-state index contributed by atoms with van der Waals surface area (Å²) in [4.78, 5) is 28.7. The van der Waals surface area contributed by atoms with Crippen LogP contribution in [0.4, 0.5) is 0 Å². The van der Waals surface area contributed by atoms with Gasteiger partial charge in [-0.3, -0.25) is 0 Å². The van der Waals surface area contributed by atoms with Crippen molar-refractivity contribution in [3.63, 3.8) is 0 Å². The average Bonchev–Trinajstić information content (AvgIpc) is 2.69. The molecule has 0 amide bonds. The van der Waals surface area contributed by atoms with E-state index in [9.17, 15) is 19.8 Å². The number of rotatable bonds is 3. The highest BCUT2D eigenvalue weighted by molar-refractivity contribution is 6.33. The van der Waals surface area contributed by atoms with Gasteiger partial charge in [0, 0.05) is 12.5 Å². The molecule has 8 nitrogen and oxygen atoms in total. The topological polar surface area (TPSA) is 115 Å². The van der Waals surface area contributed by atoms with Crippen LogP contribution in [0, 0.1) is 0 Å². The van der Waals surface area contributed by atoms with Gasteiger partial charge < -0.3 is 24.5 Å². The number of halogens is 1. The number of phenols is 2. The monoisotopic (exact) mass is 423 g/mol. The quantitative estimate of drug-likeness (QED) is 0.435. The number of esters is 2. The van der Waals surface area contributed by atoms with Crippen LogP contribution in [0.1, 0.15) is 35.2 Å². The molecule has 0 aliphatic carbocycles. The molecule has 9 heteroatoms. The number of carbonyl (C=O) groups excluding carboxylic acids is 2. The molecule has 0 atom stereocenters. The van der Waals surface area contributed by atoms with Crippen LogP contribution in [-0.2, 0) is 25.5 Å². The van der Waals surface area contributed by atoms with Crippen molar-refractivity contribution in [1.82, 2.24) is 0 Å². The van der Waals surface area contributed by atoms with Crippen molar-refractivity contribution in [3.05, 3.63) is 46.5 Å². The summed E-state index contributed by atoms with van der Waals surface area (Å²) < 4.78 is 9.70. The molecule has 1 heterocycles. The van der Waals surface area contributed by atoms with Crippen molar-refractivity contribution in [3.8, 4) is 11.5 Å². The SMILES string of the molecule is COC(=O)CON=C1/C=C/CC/C=C/CCOC(=O)c2c(O)cc(O)c(Cl)c2C1. The Morgan fingerprint density at radius 1 is 1.21 bits per heavy atom. The molecule has 0 saturated carbocycles. The van der Waals surface area contributed by atoms with Crippen LogP contribution in [0.3, 0.4) is 0 Å². The Morgan fingerprint density at radius 3 is 2.69 bits per heavy atom. The Morgan fingerprint density at radius 2 is 1.93 bits per heavy atom. The minimum atomic E-state index is -0.774. The first-order valence-electron chi connectivity index (χ1n) is 8.91. The van der Waals surface area contributed by atoms with Crippen molar-refractivity contribution in [2.75, 3.05) is 20.3 Å². The fourth-order valence-electron chi connectivity index (χ4n) is 2.55. The Kier molecular flexibility index (Phi) is 8.54. The summed E-state index contributed by atoms with van der Waals surface area (Å²) in [5, 5.41) is 24.0. The van der Waals surface area contributed by atoms with Gasteiger partial charge >= 0.3 is 11.9 Å². The van der Waals surface area contributed by atoms with E-state index in [4.69, 9.17) is 21.2 Å². The zero-order chi connectivity index (χ0) is 21.2. The zero-order valence-corrected chi connectivity index (χ0v) is 16.6. The molecule has 1 aliphatic rings. The molecule has 0 radical (unpaired) electrons. The molecule has 2 N–H and O–H groups in total. The van der Waals surface area contributed by atoms with Crippen molar-refractivity contribution < 1.29 is 34.1 Å². The van der Waals surface area contributed by atoms with E-state index >= 15 is 0 Å². The van der Waals surface area contributed by atoms with E-state index < -0.39 is 30.0 Å². The van der Waals surface area contributed by atoms with E-state index in [1.165, 1.54) is 7.11 Å². The van der Waals surface area contributed by atoms with Crippen molar-refractivity contribution in [1.29, 1.82) is 0 Å². The number of carbonyl (C=O) groups is 2. The summed E-state index contributed by atoms with van der Waals surface area (Å²) in [5.41, 5.74) is 0.283. The van der Waals surface area contributed by atoms with Gasteiger partial charge in [-0.1, -0.05) is 35.0 Å². The number of hydrogen-bond acceptors (Lipinski definition) is 8. The van der Waals surface area contributed by atoms with E-state index in [0.29, 0.717) is 12.1 Å². The van der Waals surface area contributed by atoms with Gasteiger partial charge in [0.2, 0.25) is 6.61 Å². The number of ether oxygens (including phenoxy) is 2. The number of aromatic hydroxyl groups is 2. The van der Waals surface area contributed by atoms with Crippen LogP contribution in [0.15, 0.2) is 35.5 Å². The molecular weight excluding hydrogens is 402 g/mol. The van der Waals surface area contributed by atoms with Crippen LogP contribution in [0.5, 0.6) is 11.5 Å². The third-order valence-corrected chi connectivity index (χ3v) is 4.39. The van der Waals surface area contributed by atoms with Gasteiger partial charge in [-0.15, -0.1) is 0 Å². The molecular formula is C20H22ClNO7. The van der Waals surface area contributed by atoms with Crippen molar-refractivity contribution in [2.45, 2.75) is 25.7 Å². The fraction of sp³-hybridized carbons (Fsp3) is 0.350. The summed E-state index contributed by atoms with van der Waals surface area (Å²) in [6.45, 7) is -0.268. The molecule has 0 unspecified atom stereocenters. The maximum Gasteiger partial charge on any atom is 0.346 e. The molecule has 29 heavy (non-hydrogen) atoms. The van der Waals surface area contributed by atoms with Gasteiger partial charge in [0.05, 0.1) is 24.5 Å². The maximum absolute atomic E-state index is 12.5. The molecule has 2 rings (SSSR count). The second kappa shape index (κ2) is 11.1. The normalized spacial score (nSPS) is 18.8. The predicted molar refractivity (Wildman–Crippen MR) is 106 cm³/mol. The highest BCUT2D eigenvalue weighted by atomic mass is 35.5. The van der Waals surface area contributed by atoms with E-state index in [2.05, 4.69) is 9.89 Å². The van der Waals surface area contributed by atoms with E-state index in [1.807, 2.05) is 18.2 Å². The lowest BCUT2D eigenvalue weighted by molar-refractivity contribution is -0.145. The number of nitrogens with zero attached hydrogens (tertiary/aromatic N) is 1. The molecule has 1 aromatic carbocycles. The molecule has 0 fully saturated rings. The lowest BCUT2D eigenvalue weighted by Gasteiger charge is -2.14. The number of benzene rings is 1. The zero-order valence-electron chi connectivity index (χ0n) is 15.9. The number of allylic oxidation sites excluding steroid dienone is 3. The maximum atomic E-state index is 12.5. The molecule has 1 aromatic rings. The van der Waals surface area contributed by atoms with E-state index in [1.54, 1.807) is 6.08 Å². The predicted octanol–water partition coefficient (Wildman–Crippen LogP) is 3.29. The number of fused-ring (bicyclic) bond motifs is 1. The first-order chi connectivity index (χ1) is 13.9. The summed E-state index contributed by atoms with van der Waals surface area (Å²) in [6.07, 6.45) is 9.34. The lowest BCUT2D eigenvalue weighted by Crippen LogP contribution is -2.14. The van der Waals surface area contributed by atoms with Crippen LogP contribution in [0.25, 0.3) is 0 Å². The minimum absolute atomic E-state index is 0.0568. The van der Waals surface area contributed by atoms with Crippen molar-refractivity contribution in [2.24, 2.45) is 5.16 Å². The average molecular weight is 424 g/mol. The summed E-state index contributed by atoms with van der Waals surface area (Å²) in [6, 6.07) is 0.978. The number of phenolic OH excluding ortho intramolecular Hbond substituents is 2. The van der Waals surface area contributed by atoms with Gasteiger partial charge in [-0.25, -0.2) is 9.59 Å². The molecule has 0 saturated heterocycles. The first kappa shape index (κ1) is 22.3. The Labute approximate surface area is 173 Å². The largest absolute Gasteiger partial charge is 0.507 e. The van der Waals surface area contributed by atoms with Gasteiger partial charge in [0.15, 0.2) is 0 Å².